The summed E-state index contributed by atoms with van der Waals surface area (Å²) in [5, 5.41) is 17.4. The minimum Gasteiger partial charge on any atom is -0.491 e. The number of carbonyl (C=O) groups excluding carboxylic acids is 1. The van der Waals surface area contributed by atoms with Crippen LogP contribution in [0.15, 0.2) is 42.7 Å². The fourth-order valence-electron chi connectivity index (χ4n) is 3.11. The third-order valence-electron chi connectivity index (χ3n) is 5.00. The van der Waals surface area contributed by atoms with Gasteiger partial charge in [0.2, 0.25) is 5.91 Å². The van der Waals surface area contributed by atoms with E-state index in [0.717, 1.165) is 34.7 Å². The number of benzene rings is 1. The Hall–Kier alpha value is -3.63. The maximum atomic E-state index is 12.1. The first kappa shape index (κ1) is 21.6. The SMILES string of the molecule is CNc1ncc(C#Cc2ccc(OCC(C)(C)O)cc2)c2cc(NC(=O)C3CC3)ncc12. The summed E-state index contributed by atoms with van der Waals surface area (Å²) in [6.07, 6.45) is 5.29. The number of hydrogen-bond donors (Lipinski definition) is 3. The fourth-order valence-corrected chi connectivity index (χ4v) is 3.11. The van der Waals surface area contributed by atoms with Crippen molar-refractivity contribution in [1.29, 1.82) is 0 Å². The van der Waals surface area contributed by atoms with Gasteiger partial charge in [-0.15, -0.1) is 0 Å². The molecule has 3 N–H and O–H groups in total. The quantitative estimate of drug-likeness (QED) is 0.518. The molecule has 1 aromatic carbocycles. The molecule has 2 heterocycles. The molecular formula is C25H26N4O3. The summed E-state index contributed by atoms with van der Waals surface area (Å²) in [5.74, 6) is 8.34. The van der Waals surface area contributed by atoms with Gasteiger partial charge >= 0.3 is 0 Å². The lowest BCUT2D eigenvalue weighted by Gasteiger charge is -2.17. The van der Waals surface area contributed by atoms with Gasteiger partial charge in [-0.3, -0.25) is 4.79 Å². The summed E-state index contributed by atoms with van der Waals surface area (Å²) in [6.45, 7) is 3.60. The Bertz CT molecular complexity index is 1200. The molecule has 0 unspecified atom stereocenters. The van der Waals surface area contributed by atoms with Crippen molar-refractivity contribution >= 4 is 28.3 Å². The summed E-state index contributed by atoms with van der Waals surface area (Å²) in [4.78, 5) is 21.0. The smallest absolute Gasteiger partial charge is 0.228 e. The van der Waals surface area contributed by atoms with Gasteiger partial charge in [0.1, 0.15) is 24.0 Å². The zero-order chi connectivity index (χ0) is 22.7. The predicted octanol–water partition coefficient (Wildman–Crippen LogP) is 3.57. The van der Waals surface area contributed by atoms with Gasteiger partial charge in [0.15, 0.2) is 0 Å². The molecule has 1 aliphatic rings. The molecule has 1 saturated carbocycles. The molecule has 1 amide bonds. The van der Waals surface area contributed by atoms with E-state index in [2.05, 4.69) is 32.4 Å². The minimum absolute atomic E-state index is 0.0132. The van der Waals surface area contributed by atoms with Gasteiger partial charge in [-0.1, -0.05) is 11.8 Å². The molecule has 1 fully saturated rings. The normalized spacial score (nSPS) is 13.2. The first-order valence-corrected chi connectivity index (χ1v) is 10.6. The van der Waals surface area contributed by atoms with Crippen LogP contribution in [-0.4, -0.2) is 40.2 Å². The molecule has 2 aromatic heterocycles. The van der Waals surface area contributed by atoms with Crippen molar-refractivity contribution in [3.63, 3.8) is 0 Å². The van der Waals surface area contributed by atoms with E-state index in [1.54, 1.807) is 33.3 Å². The molecule has 0 atom stereocenters. The highest BCUT2D eigenvalue weighted by Crippen LogP contribution is 2.31. The fraction of sp³-hybridized carbons (Fsp3) is 0.320. The van der Waals surface area contributed by atoms with E-state index in [-0.39, 0.29) is 18.4 Å². The van der Waals surface area contributed by atoms with Gasteiger partial charge < -0.3 is 20.5 Å². The zero-order valence-electron chi connectivity index (χ0n) is 18.4. The predicted molar refractivity (Wildman–Crippen MR) is 125 cm³/mol. The van der Waals surface area contributed by atoms with Gasteiger partial charge in [-0.25, -0.2) is 9.97 Å². The molecule has 0 radical (unpaired) electrons. The highest BCUT2D eigenvalue weighted by Gasteiger charge is 2.29. The summed E-state index contributed by atoms with van der Waals surface area (Å²) in [7, 11) is 1.80. The van der Waals surface area contributed by atoms with Crippen LogP contribution in [0, 0.1) is 17.8 Å². The van der Waals surface area contributed by atoms with Crippen LogP contribution in [0.1, 0.15) is 37.8 Å². The van der Waals surface area contributed by atoms with Crippen molar-refractivity contribution in [1.82, 2.24) is 9.97 Å². The van der Waals surface area contributed by atoms with Crippen LogP contribution >= 0.6 is 0 Å². The van der Waals surface area contributed by atoms with Crippen molar-refractivity contribution < 1.29 is 14.6 Å². The third-order valence-corrected chi connectivity index (χ3v) is 5.00. The number of anilines is 2. The molecule has 4 rings (SSSR count). The average Bonchev–Trinajstić information content (AvgIpc) is 3.62. The number of rotatable bonds is 6. The molecule has 7 nitrogen and oxygen atoms in total. The second-order valence-electron chi connectivity index (χ2n) is 8.52. The van der Waals surface area contributed by atoms with Gasteiger partial charge in [0.05, 0.1) is 11.2 Å². The monoisotopic (exact) mass is 430 g/mol. The Labute approximate surface area is 187 Å². The van der Waals surface area contributed by atoms with Crippen molar-refractivity contribution in [2.45, 2.75) is 32.3 Å². The number of nitrogens with zero attached hydrogens (tertiary/aromatic N) is 2. The maximum absolute atomic E-state index is 12.1. The molecule has 3 aromatic rings. The summed E-state index contributed by atoms with van der Waals surface area (Å²) >= 11 is 0. The standard InChI is InChI=1S/C25H26N4O3/c1-25(2,31)15-32-19-10-5-16(6-11-19)4-7-18-13-28-23(26-3)21-14-27-22(12-20(18)21)29-24(30)17-8-9-17/h5-6,10-14,17,31H,8-9,15H2,1-3H3,(H,26,28)(H,27,29,30). The van der Waals surface area contributed by atoms with Crippen LogP contribution in [0.4, 0.5) is 11.6 Å². The number of pyridine rings is 2. The highest BCUT2D eigenvalue weighted by molar-refractivity contribution is 5.99. The largest absolute Gasteiger partial charge is 0.491 e. The lowest BCUT2D eigenvalue weighted by Crippen LogP contribution is -2.27. The second kappa shape index (κ2) is 8.85. The molecule has 0 bridgehead atoms. The Morgan fingerprint density at radius 3 is 2.56 bits per heavy atom. The van der Waals surface area contributed by atoms with E-state index >= 15 is 0 Å². The lowest BCUT2D eigenvalue weighted by molar-refractivity contribution is -0.117. The molecule has 0 saturated heterocycles. The lowest BCUT2D eigenvalue weighted by atomic mass is 10.1. The van der Waals surface area contributed by atoms with E-state index in [1.165, 1.54) is 0 Å². The number of aliphatic hydroxyl groups is 1. The Kier molecular flexibility index (Phi) is 5.97. The summed E-state index contributed by atoms with van der Waals surface area (Å²) < 4.78 is 5.58. The van der Waals surface area contributed by atoms with Crippen LogP contribution in [-0.2, 0) is 4.79 Å². The average molecular weight is 431 g/mol. The van der Waals surface area contributed by atoms with Gasteiger partial charge in [-0.05, 0) is 57.0 Å². The van der Waals surface area contributed by atoms with E-state index in [9.17, 15) is 9.90 Å². The Morgan fingerprint density at radius 2 is 1.91 bits per heavy atom. The Balaban J connectivity index is 1.59. The molecule has 32 heavy (non-hydrogen) atoms. The van der Waals surface area contributed by atoms with Crippen LogP contribution < -0.4 is 15.4 Å². The number of carbonyl (C=O) groups is 1. The van der Waals surface area contributed by atoms with Gasteiger partial charge in [0.25, 0.3) is 0 Å². The number of fused-ring (bicyclic) bond motifs is 1. The van der Waals surface area contributed by atoms with Crippen LogP contribution in [0.2, 0.25) is 0 Å². The third kappa shape index (κ3) is 5.34. The minimum atomic E-state index is -0.891. The van der Waals surface area contributed by atoms with Crippen molar-refractivity contribution in [2.24, 2.45) is 5.92 Å². The van der Waals surface area contributed by atoms with E-state index in [0.29, 0.717) is 17.4 Å². The van der Waals surface area contributed by atoms with Gasteiger partial charge in [0, 0.05) is 41.7 Å². The highest BCUT2D eigenvalue weighted by atomic mass is 16.5. The number of nitrogens with one attached hydrogen (secondary N) is 2. The van der Waals surface area contributed by atoms with Crippen molar-refractivity contribution in [3.05, 3.63) is 53.9 Å². The first-order valence-electron chi connectivity index (χ1n) is 10.6. The van der Waals surface area contributed by atoms with E-state index in [1.807, 2.05) is 30.3 Å². The number of amides is 1. The number of ether oxygens (including phenoxy) is 1. The molecule has 7 heteroatoms. The molecule has 164 valence electrons. The summed E-state index contributed by atoms with van der Waals surface area (Å²) in [6, 6.07) is 9.23. The zero-order valence-corrected chi connectivity index (χ0v) is 18.4. The number of hydrogen-bond acceptors (Lipinski definition) is 6. The molecule has 1 aliphatic carbocycles. The first-order chi connectivity index (χ1) is 15.3. The van der Waals surface area contributed by atoms with Gasteiger partial charge in [-0.2, -0.15) is 0 Å². The topological polar surface area (TPSA) is 96.4 Å². The van der Waals surface area contributed by atoms with Crippen molar-refractivity contribution in [3.8, 4) is 17.6 Å². The van der Waals surface area contributed by atoms with E-state index in [4.69, 9.17) is 4.74 Å². The van der Waals surface area contributed by atoms with Crippen LogP contribution in [0.25, 0.3) is 10.8 Å². The van der Waals surface area contributed by atoms with E-state index < -0.39 is 5.60 Å². The van der Waals surface area contributed by atoms with Crippen LogP contribution in [0.3, 0.4) is 0 Å². The second-order valence-corrected chi connectivity index (χ2v) is 8.52. The molecule has 0 aliphatic heterocycles. The summed E-state index contributed by atoms with van der Waals surface area (Å²) in [5.41, 5.74) is 0.672. The number of aromatic nitrogens is 2. The van der Waals surface area contributed by atoms with Crippen molar-refractivity contribution in [2.75, 3.05) is 24.3 Å². The van der Waals surface area contributed by atoms with Crippen LogP contribution in [0.5, 0.6) is 5.75 Å². The Morgan fingerprint density at radius 1 is 1.16 bits per heavy atom. The maximum Gasteiger partial charge on any atom is 0.228 e. The molecular weight excluding hydrogens is 404 g/mol. The molecule has 0 spiro atoms.